The van der Waals surface area contributed by atoms with Crippen molar-refractivity contribution in [2.75, 3.05) is 13.2 Å². The van der Waals surface area contributed by atoms with Crippen LogP contribution in [0, 0.1) is 0 Å². The lowest BCUT2D eigenvalue weighted by atomic mass is 9.97. The Balaban J connectivity index is 1.83. The highest BCUT2D eigenvalue weighted by molar-refractivity contribution is 6.32. The molecule has 1 aromatic rings. The number of rotatable bonds is 5. The molecule has 1 aliphatic heterocycles. The molecule has 112 valence electrons. The third-order valence-electron chi connectivity index (χ3n) is 4.07. The highest BCUT2D eigenvalue weighted by Gasteiger charge is 2.26. The van der Waals surface area contributed by atoms with Crippen LogP contribution in [0.5, 0.6) is 5.75 Å². The van der Waals surface area contributed by atoms with E-state index in [1.165, 1.54) is 19.3 Å². The zero-order chi connectivity index (χ0) is 14.5. The first kappa shape index (κ1) is 15.6. The minimum Gasteiger partial charge on any atom is -0.489 e. The van der Waals surface area contributed by atoms with E-state index >= 15 is 0 Å². The van der Waals surface area contributed by atoms with Crippen molar-refractivity contribution in [3.05, 3.63) is 29.3 Å². The molecule has 0 radical (unpaired) electrons. The highest BCUT2D eigenvalue weighted by atomic mass is 35.5. The second-order valence-electron chi connectivity index (χ2n) is 5.72. The Morgan fingerprint density at radius 1 is 1.30 bits per heavy atom. The predicted molar refractivity (Wildman–Crippen MR) is 82.4 cm³/mol. The van der Waals surface area contributed by atoms with E-state index in [0.29, 0.717) is 29.4 Å². The van der Waals surface area contributed by atoms with Gasteiger partial charge < -0.3 is 9.84 Å². The summed E-state index contributed by atoms with van der Waals surface area (Å²) in [7, 11) is 0. The zero-order valence-corrected chi connectivity index (χ0v) is 13.0. The SMILES string of the molecule is CC1CCCC(C)N1CC(O)COc1ccccc1Cl. The Bertz CT molecular complexity index is 417. The largest absolute Gasteiger partial charge is 0.489 e. The van der Waals surface area contributed by atoms with Crippen LogP contribution in [0.25, 0.3) is 0 Å². The molecule has 0 bridgehead atoms. The van der Waals surface area contributed by atoms with Crippen LogP contribution in [-0.4, -0.2) is 41.3 Å². The minimum absolute atomic E-state index is 0.277. The van der Waals surface area contributed by atoms with Crippen molar-refractivity contribution in [3.8, 4) is 5.75 Å². The summed E-state index contributed by atoms with van der Waals surface area (Å²) in [5, 5.41) is 10.8. The molecule has 1 fully saturated rings. The molecule has 0 spiro atoms. The van der Waals surface area contributed by atoms with E-state index in [0.717, 1.165) is 0 Å². The van der Waals surface area contributed by atoms with Crippen LogP contribution in [0.3, 0.4) is 0 Å². The number of para-hydroxylation sites is 1. The first-order valence-corrected chi connectivity index (χ1v) is 7.77. The molecular weight excluding hydrogens is 274 g/mol. The summed E-state index contributed by atoms with van der Waals surface area (Å²) < 4.78 is 5.60. The summed E-state index contributed by atoms with van der Waals surface area (Å²) in [6.07, 6.45) is 3.21. The molecule has 20 heavy (non-hydrogen) atoms. The first-order chi connectivity index (χ1) is 9.58. The summed E-state index contributed by atoms with van der Waals surface area (Å²) in [4.78, 5) is 2.38. The van der Waals surface area contributed by atoms with Crippen LogP contribution in [-0.2, 0) is 0 Å². The fourth-order valence-electron chi connectivity index (χ4n) is 2.88. The minimum atomic E-state index is -0.491. The molecule has 4 heteroatoms. The van der Waals surface area contributed by atoms with Crippen LogP contribution in [0.1, 0.15) is 33.1 Å². The van der Waals surface area contributed by atoms with Crippen molar-refractivity contribution in [1.82, 2.24) is 4.90 Å². The van der Waals surface area contributed by atoms with E-state index in [-0.39, 0.29) is 6.61 Å². The van der Waals surface area contributed by atoms with Crippen molar-refractivity contribution in [2.45, 2.75) is 51.3 Å². The Kier molecular flexibility index (Phi) is 5.70. The molecule has 1 heterocycles. The van der Waals surface area contributed by atoms with Crippen LogP contribution >= 0.6 is 11.6 Å². The second-order valence-corrected chi connectivity index (χ2v) is 6.13. The van der Waals surface area contributed by atoms with Crippen molar-refractivity contribution >= 4 is 11.6 Å². The molecule has 1 aromatic carbocycles. The van der Waals surface area contributed by atoms with Gasteiger partial charge in [0.2, 0.25) is 0 Å². The Labute approximate surface area is 126 Å². The Morgan fingerprint density at radius 2 is 1.95 bits per heavy atom. The maximum Gasteiger partial charge on any atom is 0.138 e. The van der Waals surface area contributed by atoms with Crippen molar-refractivity contribution in [3.63, 3.8) is 0 Å². The van der Waals surface area contributed by atoms with Crippen molar-refractivity contribution < 1.29 is 9.84 Å². The van der Waals surface area contributed by atoms with E-state index in [4.69, 9.17) is 16.3 Å². The topological polar surface area (TPSA) is 32.7 Å². The van der Waals surface area contributed by atoms with Gasteiger partial charge in [-0.15, -0.1) is 0 Å². The van der Waals surface area contributed by atoms with E-state index in [1.54, 1.807) is 6.07 Å². The quantitative estimate of drug-likeness (QED) is 0.905. The second kappa shape index (κ2) is 7.30. The van der Waals surface area contributed by atoms with Gasteiger partial charge in [-0.1, -0.05) is 30.2 Å². The van der Waals surface area contributed by atoms with Gasteiger partial charge in [0.1, 0.15) is 18.5 Å². The van der Waals surface area contributed by atoms with E-state index in [9.17, 15) is 5.11 Å². The third kappa shape index (κ3) is 4.11. The number of aliphatic hydroxyl groups excluding tert-OH is 1. The van der Waals surface area contributed by atoms with E-state index in [1.807, 2.05) is 18.2 Å². The van der Waals surface area contributed by atoms with E-state index < -0.39 is 6.10 Å². The maximum absolute atomic E-state index is 10.2. The maximum atomic E-state index is 10.2. The number of hydrogen-bond donors (Lipinski definition) is 1. The zero-order valence-electron chi connectivity index (χ0n) is 12.3. The summed E-state index contributed by atoms with van der Waals surface area (Å²) in [5.74, 6) is 0.632. The van der Waals surface area contributed by atoms with Gasteiger partial charge >= 0.3 is 0 Å². The number of hydrogen-bond acceptors (Lipinski definition) is 3. The molecule has 2 rings (SSSR count). The number of nitrogens with zero attached hydrogens (tertiary/aromatic N) is 1. The fourth-order valence-corrected chi connectivity index (χ4v) is 3.07. The lowest BCUT2D eigenvalue weighted by Crippen LogP contribution is -2.48. The molecule has 3 nitrogen and oxygen atoms in total. The van der Waals surface area contributed by atoms with Crippen LogP contribution in [0.4, 0.5) is 0 Å². The van der Waals surface area contributed by atoms with Crippen LogP contribution < -0.4 is 4.74 Å². The molecule has 0 aromatic heterocycles. The highest BCUT2D eigenvalue weighted by Crippen LogP contribution is 2.24. The number of aliphatic hydroxyl groups is 1. The standard InChI is InChI=1S/C16H24ClNO2/c1-12-6-5-7-13(2)18(12)10-14(19)11-20-16-9-4-3-8-15(16)17/h3-4,8-9,12-14,19H,5-7,10-11H2,1-2H3. The smallest absolute Gasteiger partial charge is 0.138 e. The molecule has 1 aliphatic rings. The van der Waals surface area contributed by atoms with Gasteiger partial charge in [0.15, 0.2) is 0 Å². The van der Waals surface area contributed by atoms with Crippen molar-refractivity contribution in [2.24, 2.45) is 0 Å². The van der Waals surface area contributed by atoms with Gasteiger partial charge in [-0.05, 0) is 38.8 Å². The molecule has 1 saturated heterocycles. The summed E-state index contributed by atoms with van der Waals surface area (Å²) in [6, 6.07) is 8.42. The number of halogens is 1. The van der Waals surface area contributed by atoms with Crippen LogP contribution in [0.2, 0.25) is 5.02 Å². The number of likely N-dealkylation sites (tertiary alicyclic amines) is 1. The summed E-state index contributed by atoms with van der Waals surface area (Å²) >= 11 is 6.03. The summed E-state index contributed by atoms with van der Waals surface area (Å²) in [5.41, 5.74) is 0. The third-order valence-corrected chi connectivity index (χ3v) is 4.38. The van der Waals surface area contributed by atoms with Crippen LogP contribution in [0.15, 0.2) is 24.3 Å². The number of β-amino-alcohol motifs (C(OH)–C–C–N with tert-alkyl or cyclic N) is 1. The van der Waals surface area contributed by atoms with Gasteiger partial charge in [0.05, 0.1) is 5.02 Å². The molecule has 0 amide bonds. The number of benzene rings is 1. The molecule has 1 N–H and O–H groups in total. The Morgan fingerprint density at radius 3 is 2.60 bits per heavy atom. The van der Waals surface area contributed by atoms with Gasteiger partial charge in [0.25, 0.3) is 0 Å². The summed E-state index contributed by atoms with van der Waals surface area (Å²) in [6.45, 7) is 5.40. The normalized spacial score (nSPS) is 25.4. The van der Waals surface area contributed by atoms with Gasteiger partial charge in [-0.3, -0.25) is 4.90 Å². The van der Waals surface area contributed by atoms with Gasteiger partial charge in [-0.2, -0.15) is 0 Å². The molecule has 0 saturated carbocycles. The molecule has 3 unspecified atom stereocenters. The monoisotopic (exact) mass is 297 g/mol. The number of piperidine rings is 1. The molecular formula is C16H24ClNO2. The van der Waals surface area contributed by atoms with Gasteiger partial charge in [0, 0.05) is 18.6 Å². The van der Waals surface area contributed by atoms with Gasteiger partial charge in [-0.25, -0.2) is 0 Å². The first-order valence-electron chi connectivity index (χ1n) is 7.39. The number of ether oxygens (including phenoxy) is 1. The fraction of sp³-hybridized carbons (Fsp3) is 0.625. The average molecular weight is 298 g/mol. The predicted octanol–water partition coefficient (Wildman–Crippen LogP) is 3.34. The molecule has 0 aliphatic carbocycles. The average Bonchev–Trinajstić information content (AvgIpc) is 2.42. The molecule has 3 atom stereocenters. The lowest BCUT2D eigenvalue weighted by molar-refractivity contribution is 0.0209. The van der Waals surface area contributed by atoms with E-state index in [2.05, 4.69) is 18.7 Å². The van der Waals surface area contributed by atoms with Crippen molar-refractivity contribution in [1.29, 1.82) is 0 Å². The Hall–Kier alpha value is -0.770. The lowest BCUT2D eigenvalue weighted by Gasteiger charge is -2.40.